The van der Waals surface area contributed by atoms with E-state index in [9.17, 15) is 4.79 Å². The van der Waals surface area contributed by atoms with Crippen LogP contribution in [0.4, 0.5) is 0 Å². The third kappa shape index (κ3) is 5.82. The summed E-state index contributed by atoms with van der Waals surface area (Å²) in [6.45, 7) is 4.57. The molecule has 0 heterocycles. The van der Waals surface area contributed by atoms with Crippen molar-refractivity contribution >= 4 is 5.97 Å². The van der Waals surface area contributed by atoms with Gasteiger partial charge in [-0.25, -0.2) is 4.79 Å². The third-order valence-corrected chi connectivity index (χ3v) is 1.03. The van der Waals surface area contributed by atoms with Crippen molar-refractivity contribution in [2.24, 2.45) is 0 Å². The highest BCUT2D eigenvalue weighted by atomic mass is 16.5. The van der Waals surface area contributed by atoms with Gasteiger partial charge in [-0.15, -0.1) is 0 Å². The molecule has 1 atom stereocenters. The molecule has 0 rings (SSSR count). The second-order valence-electron chi connectivity index (χ2n) is 3.10. The summed E-state index contributed by atoms with van der Waals surface area (Å²) >= 11 is 0. The first-order valence-corrected chi connectivity index (χ1v) is 3.40. The molecule has 0 aliphatic heterocycles. The molecule has 0 unspecified atom stereocenters. The molecule has 0 aromatic carbocycles. The summed E-state index contributed by atoms with van der Waals surface area (Å²) in [5.74, 6) is -1.02. The van der Waals surface area contributed by atoms with E-state index in [4.69, 9.17) is 14.9 Å². The maximum atomic E-state index is 10.2. The van der Waals surface area contributed by atoms with Crippen molar-refractivity contribution in [2.45, 2.75) is 32.5 Å². The highest BCUT2D eigenvalue weighted by Crippen LogP contribution is 2.03. The second kappa shape index (κ2) is 3.69. The van der Waals surface area contributed by atoms with Crippen molar-refractivity contribution in [2.75, 3.05) is 6.61 Å². The molecule has 0 aliphatic carbocycles. The highest BCUT2D eigenvalue weighted by Gasteiger charge is 2.17. The van der Waals surface area contributed by atoms with Crippen molar-refractivity contribution < 1.29 is 19.7 Å². The Morgan fingerprint density at radius 2 is 2.09 bits per heavy atom. The summed E-state index contributed by atoms with van der Waals surface area (Å²) in [7, 11) is 0. The number of rotatable bonds is 4. The molecule has 0 amide bonds. The lowest BCUT2D eigenvalue weighted by atomic mass is 10.2. The van der Waals surface area contributed by atoms with Gasteiger partial charge in [-0.1, -0.05) is 0 Å². The normalized spacial score (nSPS) is 14.5. The number of carboxylic acid groups (broad SMARTS) is 1. The molecule has 0 bridgehead atoms. The number of hydrogen-bond donors (Lipinski definition) is 2. The molecule has 4 nitrogen and oxygen atoms in total. The van der Waals surface area contributed by atoms with Crippen molar-refractivity contribution in [3.8, 4) is 0 Å². The number of ether oxygens (including phenoxy) is 1. The van der Waals surface area contributed by atoms with Crippen LogP contribution < -0.4 is 0 Å². The van der Waals surface area contributed by atoms with E-state index in [1.165, 1.54) is 6.92 Å². The minimum absolute atomic E-state index is 0.0282. The van der Waals surface area contributed by atoms with Crippen molar-refractivity contribution in [1.82, 2.24) is 0 Å². The van der Waals surface area contributed by atoms with E-state index in [0.717, 1.165) is 0 Å². The summed E-state index contributed by atoms with van der Waals surface area (Å²) in [6.07, 6.45) is -0.860. The zero-order valence-corrected chi connectivity index (χ0v) is 7.00. The van der Waals surface area contributed by atoms with Crippen LogP contribution in [0.2, 0.25) is 0 Å². The average molecular weight is 162 g/mol. The molecular weight excluding hydrogens is 148 g/mol. The number of aliphatic carboxylic acids is 1. The zero-order valence-electron chi connectivity index (χ0n) is 7.00. The van der Waals surface area contributed by atoms with Crippen LogP contribution in [-0.2, 0) is 9.53 Å². The molecule has 0 aromatic heterocycles. The summed E-state index contributed by atoms with van der Waals surface area (Å²) in [5.41, 5.74) is -0.969. The fraction of sp³-hybridized carbons (Fsp3) is 0.857. The maximum absolute atomic E-state index is 10.2. The number of carboxylic acids is 1. The van der Waals surface area contributed by atoms with E-state index in [-0.39, 0.29) is 6.61 Å². The van der Waals surface area contributed by atoms with E-state index in [0.29, 0.717) is 0 Å². The Morgan fingerprint density at radius 1 is 1.64 bits per heavy atom. The first kappa shape index (κ1) is 10.4. The first-order chi connectivity index (χ1) is 4.83. The Balaban J connectivity index is 3.63. The molecule has 0 saturated heterocycles. The summed E-state index contributed by atoms with van der Waals surface area (Å²) in [5, 5.41) is 17.5. The van der Waals surface area contributed by atoms with Crippen LogP contribution in [0.3, 0.4) is 0 Å². The van der Waals surface area contributed by atoms with E-state index >= 15 is 0 Å². The van der Waals surface area contributed by atoms with Gasteiger partial charge in [-0.2, -0.15) is 0 Å². The van der Waals surface area contributed by atoms with Gasteiger partial charge in [-0.05, 0) is 20.8 Å². The lowest BCUT2D eigenvalue weighted by molar-refractivity contribution is -0.152. The SMILES string of the molecule is C[C@H](OCC(C)(C)O)C(=O)O. The number of aliphatic hydroxyl groups is 1. The number of carbonyl (C=O) groups is 1. The standard InChI is InChI=1S/C7H14O4/c1-5(6(8)9)11-4-7(2,3)10/h5,10H,4H2,1-3H3,(H,8,9)/t5-/m0/s1. The van der Waals surface area contributed by atoms with Crippen LogP contribution in [-0.4, -0.2) is 34.5 Å². The second-order valence-corrected chi connectivity index (χ2v) is 3.10. The molecule has 0 saturated carbocycles. The van der Waals surface area contributed by atoms with Gasteiger partial charge in [0.1, 0.15) is 0 Å². The smallest absolute Gasteiger partial charge is 0.332 e. The molecule has 11 heavy (non-hydrogen) atoms. The van der Waals surface area contributed by atoms with Gasteiger partial charge >= 0.3 is 5.97 Å². The Hall–Kier alpha value is -0.610. The van der Waals surface area contributed by atoms with Crippen molar-refractivity contribution in [3.05, 3.63) is 0 Å². The van der Waals surface area contributed by atoms with Crippen molar-refractivity contribution in [3.63, 3.8) is 0 Å². The van der Waals surface area contributed by atoms with Gasteiger partial charge < -0.3 is 14.9 Å². The molecular formula is C7H14O4. The lowest BCUT2D eigenvalue weighted by Gasteiger charge is -2.18. The lowest BCUT2D eigenvalue weighted by Crippen LogP contribution is -2.31. The maximum Gasteiger partial charge on any atom is 0.332 e. The van der Waals surface area contributed by atoms with Gasteiger partial charge in [0.05, 0.1) is 12.2 Å². The van der Waals surface area contributed by atoms with Crippen LogP contribution in [0.1, 0.15) is 20.8 Å². The largest absolute Gasteiger partial charge is 0.479 e. The van der Waals surface area contributed by atoms with Gasteiger partial charge in [0.15, 0.2) is 6.10 Å². The van der Waals surface area contributed by atoms with Crippen LogP contribution in [0.15, 0.2) is 0 Å². The van der Waals surface area contributed by atoms with Crippen molar-refractivity contribution in [1.29, 1.82) is 0 Å². The molecule has 0 spiro atoms. The fourth-order valence-electron chi connectivity index (χ4n) is 0.400. The van der Waals surface area contributed by atoms with Gasteiger partial charge in [0.25, 0.3) is 0 Å². The Kier molecular flexibility index (Phi) is 3.48. The molecule has 2 N–H and O–H groups in total. The molecule has 0 aliphatic rings. The molecule has 66 valence electrons. The van der Waals surface area contributed by atoms with Gasteiger partial charge in [0.2, 0.25) is 0 Å². The monoisotopic (exact) mass is 162 g/mol. The quantitative estimate of drug-likeness (QED) is 0.621. The summed E-state index contributed by atoms with van der Waals surface area (Å²) in [6, 6.07) is 0. The molecule has 0 aromatic rings. The Labute approximate surface area is 65.8 Å². The summed E-state index contributed by atoms with van der Waals surface area (Å²) < 4.78 is 4.82. The average Bonchev–Trinajstić information content (AvgIpc) is 1.80. The molecule has 4 heteroatoms. The molecule has 0 radical (unpaired) electrons. The first-order valence-electron chi connectivity index (χ1n) is 3.40. The summed E-state index contributed by atoms with van der Waals surface area (Å²) in [4.78, 5) is 10.2. The van der Waals surface area contributed by atoms with E-state index < -0.39 is 17.7 Å². The predicted octanol–water partition coefficient (Wildman–Crippen LogP) is 0.247. The van der Waals surface area contributed by atoms with Gasteiger partial charge in [0, 0.05) is 0 Å². The Bertz CT molecular complexity index is 136. The van der Waals surface area contributed by atoms with Crippen LogP contribution in [0.25, 0.3) is 0 Å². The minimum Gasteiger partial charge on any atom is -0.479 e. The van der Waals surface area contributed by atoms with Gasteiger partial charge in [-0.3, -0.25) is 0 Å². The van der Waals surface area contributed by atoms with Crippen LogP contribution in [0.5, 0.6) is 0 Å². The fourth-order valence-corrected chi connectivity index (χ4v) is 0.400. The third-order valence-electron chi connectivity index (χ3n) is 1.03. The predicted molar refractivity (Wildman–Crippen MR) is 39.3 cm³/mol. The number of hydrogen-bond acceptors (Lipinski definition) is 3. The van der Waals surface area contributed by atoms with E-state index in [1.807, 2.05) is 0 Å². The van der Waals surface area contributed by atoms with E-state index in [2.05, 4.69) is 0 Å². The van der Waals surface area contributed by atoms with Crippen LogP contribution in [0, 0.1) is 0 Å². The van der Waals surface area contributed by atoms with Crippen LogP contribution >= 0.6 is 0 Å². The topological polar surface area (TPSA) is 66.8 Å². The molecule has 0 fully saturated rings. The van der Waals surface area contributed by atoms with E-state index in [1.54, 1.807) is 13.8 Å². The Morgan fingerprint density at radius 3 is 2.36 bits per heavy atom. The highest BCUT2D eigenvalue weighted by molar-refractivity contribution is 5.71. The minimum atomic E-state index is -1.02. The zero-order chi connectivity index (χ0) is 9.07.